The van der Waals surface area contributed by atoms with Gasteiger partial charge < -0.3 is 19.8 Å². The molecule has 5 heteroatoms. The Morgan fingerprint density at radius 3 is 2.67 bits per heavy atom. The second-order valence-corrected chi connectivity index (χ2v) is 6.96. The molecule has 2 aromatic carbocycles. The maximum absolute atomic E-state index is 12.6. The van der Waals surface area contributed by atoms with E-state index in [0.29, 0.717) is 17.4 Å². The molecule has 3 aromatic rings. The number of carbonyl (C=O) groups is 1. The fourth-order valence-corrected chi connectivity index (χ4v) is 3.68. The molecule has 0 radical (unpaired) electrons. The molecule has 1 fully saturated rings. The minimum atomic E-state index is -0.269. The van der Waals surface area contributed by atoms with Crippen molar-refractivity contribution < 1.29 is 13.9 Å². The Hall–Kier alpha value is -2.79. The monoisotopic (exact) mass is 364 g/mol. The summed E-state index contributed by atoms with van der Waals surface area (Å²) in [5.41, 5.74) is 2.46. The van der Waals surface area contributed by atoms with Gasteiger partial charge in [-0.05, 0) is 42.7 Å². The van der Waals surface area contributed by atoms with Crippen molar-refractivity contribution in [3.8, 4) is 5.75 Å². The molecule has 4 rings (SSSR count). The van der Waals surface area contributed by atoms with E-state index in [4.69, 9.17) is 9.15 Å². The number of benzene rings is 2. The summed E-state index contributed by atoms with van der Waals surface area (Å²) in [7, 11) is 1.61. The molecular weight excluding hydrogens is 340 g/mol. The highest BCUT2D eigenvalue weighted by Crippen LogP contribution is 2.32. The normalized spacial score (nSPS) is 14.6. The lowest BCUT2D eigenvalue weighted by Gasteiger charge is -2.12. The standard InChI is InChI=1S/C22H24N2O3/c1-26-19-12-11-15(14-23-16-7-5-6-8-16)18-13-20(27-21(18)19)22(25)24-17-9-3-2-4-10-17/h2-4,9-13,16,23H,5-8,14H2,1H3,(H,24,25). The number of hydrogen-bond acceptors (Lipinski definition) is 4. The smallest absolute Gasteiger partial charge is 0.291 e. The minimum absolute atomic E-state index is 0.269. The van der Waals surface area contributed by atoms with Gasteiger partial charge in [0, 0.05) is 23.7 Å². The van der Waals surface area contributed by atoms with Gasteiger partial charge in [0.1, 0.15) is 0 Å². The lowest BCUT2D eigenvalue weighted by atomic mass is 10.1. The molecule has 1 amide bonds. The number of rotatable bonds is 6. The van der Waals surface area contributed by atoms with E-state index >= 15 is 0 Å². The summed E-state index contributed by atoms with van der Waals surface area (Å²) in [5, 5.41) is 7.40. The Morgan fingerprint density at radius 2 is 1.93 bits per heavy atom. The number of ether oxygens (including phenoxy) is 1. The Labute approximate surface area is 158 Å². The number of amides is 1. The Kier molecular flexibility index (Phi) is 5.12. The molecule has 140 valence electrons. The third-order valence-electron chi connectivity index (χ3n) is 5.15. The molecule has 1 heterocycles. The molecule has 0 unspecified atom stereocenters. The maximum atomic E-state index is 12.6. The number of methoxy groups -OCH3 is 1. The van der Waals surface area contributed by atoms with Crippen LogP contribution in [0.4, 0.5) is 5.69 Å². The average molecular weight is 364 g/mol. The molecule has 0 spiro atoms. The van der Waals surface area contributed by atoms with Crippen LogP contribution < -0.4 is 15.4 Å². The molecule has 2 N–H and O–H groups in total. The fraction of sp³-hybridized carbons (Fsp3) is 0.318. The third kappa shape index (κ3) is 3.83. The summed E-state index contributed by atoms with van der Waals surface area (Å²) in [6, 6.07) is 15.7. The first kappa shape index (κ1) is 17.6. The van der Waals surface area contributed by atoms with Crippen molar-refractivity contribution in [2.24, 2.45) is 0 Å². The summed E-state index contributed by atoms with van der Waals surface area (Å²) < 4.78 is 11.3. The van der Waals surface area contributed by atoms with Crippen molar-refractivity contribution in [2.75, 3.05) is 12.4 Å². The van der Waals surface area contributed by atoms with Gasteiger partial charge in [-0.2, -0.15) is 0 Å². The van der Waals surface area contributed by atoms with E-state index in [2.05, 4.69) is 10.6 Å². The molecule has 5 nitrogen and oxygen atoms in total. The van der Waals surface area contributed by atoms with Gasteiger partial charge in [-0.25, -0.2) is 0 Å². The lowest BCUT2D eigenvalue weighted by molar-refractivity contribution is 0.0998. The summed E-state index contributed by atoms with van der Waals surface area (Å²) in [5.74, 6) is 0.642. The van der Waals surface area contributed by atoms with Crippen LogP contribution in [-0.4, -0.2) is 19.1 Å². The highest BCUT2D eigenvalue weighted by molar-refractivity contribution is 6.05. The SMILES string of the molecule is COc1ccc(CNC2CCCC2)c2cc(C(=O)Nc3ccccc3)oc12. The van der Waals surface area contributed by atoms with Gasteiger partial charge in [0.15, 0.2) is 17.1 Å². The van der Waals surface area contributed by atoms with E-state index < -0.39 is 0 Å². The van der Waals surface area contributed by atoms with E-state index in [1.807, 2.05) is 48.5 Å². The first-order chi connectivity index (χ1) is 13.2. The van der Waals surface area contributed by atoms with Crippen molar-refractivity contribution in [1.82, 2.24) is 5.32 Å². The molecule has 1 saturated carbocycles. The molecular formula is C22H24N2O3. The number of carbonyl (C=O) groups excluding carboxylic acids is 1. The van der Waals surface area contributed by atoms with Crippen LogP contribution in [0, 0.1) is 0 Å². The minimum Gasteiger partial charge on any atom is -0.493 e. The number of fused-ring (bicyclic) bond motifs is 1. The van der Waals surface area contributed by atoms with Gasteiger partial charge in [-0.15, -0.1) is 0 Å². The quantitative estimate of drug-likeness (QED) is 0.664. The second kappa shape index (κ2) is 7.84. The zero-order valence-corrected chi connectivity index (χ0v) is 15.5. The molecule has 0 bridgehead atoms. The van der Waals surface area contributed by atoms with E-state index in [0.717, 1.165) is 23.2 Å². The van der Waals surface area contributed by atoms with Crippen LogP contribution in [0.25, 0.3) is 11.0 Å². The van der Waals surface area contributed by atoms with Crippen LogP contribution >= 0.6 is 0 Å². The van der Waals surface area contributed by atoms with Crippen molar-refractivity contribution in [3.05, 3.63) is 59.9 Å². The summed E-state index contributed by atoms with van der Waals surface area (Å²) in [6.07, 6.45) is 5.06. The molecule has 0 aliphatic heterocycles. The van der Waals surface area contributed by atoms with Crippen molar-refractivity contribution in [2.45, 2.75) is 38.3 Å². The predicted molar refractivity (Wildman–Crippen MR) is 106 cm³/mol. The Bertz CT molecular complexity index is 927. The number of hydrogen-bond donors (Lipinski definition) is 2. The molecule has 0 saturated heterocycles. The highest BCUT2D eigenvalue weighted by atomic mass is 16.5. The largest absolute Gasteiger partial charge is 0.493 e. The summed E-state index contributed by atoms with van der Waals surface area (Å²) in [6.45, 7) is 0.754. The predicted octanol–water partition coefficient (Wildman–Crippen LogP) is 4.73. The van der Waals surface area contributed by atoms with Gasteiger partial charge in [-0.1, -0.05) is 37.1 Å². The van der Waals surface area contributed by atoms with Crippen LogP contribution in [-0.2, 0) is 6.54 Å². The van der Waals surface area contributed by atoms with Gasteiger partial charge in [0.25, 0.3) is 5.91 Å². The number of para-hydroxylation sites is 1. The maximum Gasteiger partial charge on any atom is 0.291 e. The number of furan rings is 1. The van der Waals surface area contributed by atoms with Crippen molar-refractivity contribution >= 4 is 22.6 Å². The van der Waals surface area contributed by atoms with E-state index in [1.165, 1.54) is 25.7 Å². The zero-order valence-electron chi connectivity index (χ0n) is 15.5. The van der Waals surface area contributed by atoms with Crippen LogP contribution in [0.3, 0.4) is 0 Å². The molecule has 27 heavy (non-hydrogen) atoms. The third-order valence-corrected chi connectivity index (χ3v) is 5.15. The van der Waals surface area contributed by atoms with E-state index in [-0.39, 0.29) is 11.7 Å². The molecule has 1 aliphatic rings. The Balaban J connectivity index is 1.60. The lowest BCUT2D eigenvalue weighted by Crippen LogP contribution is -2.25. The molecule has 0 atom stereocenters. The fourth-order valence-electron chi connectivity index (χ4n) is 3.68. The Morgan fingerprint density at radius 1 is 1.15 bits per heavy atom. The van der Waals surface area contributed by atoms with Crippen molar-refractivity contribution in [3.63, 3.8) is 0 Å². The topological polar surface area (TPSA) is 63.5 Å². The van der Waals surface area contributed by atoms with Crippen LogP contribution in [0.15, 0.2) is 52.9 Å². The summed E-state index contributed by atoms with van der Waals surface area (Å²) >= 11 is 0. The van der Waals surface area contributed by atoms with Crippen LogP contribution in [0.2, 0.25) is 0 Å². The number of nitrogens with one attached hydrogen (secondary N) is 2. The molecule has 1 aliphatic carbocycles. The van der Waals surface area contributed by atoms with E-state index in [9.17, 15) is 4.79 Å². The zero-order chi connectivity index (χ0) is 18.6. The average Bonchev–Trinajstić information content (AvgIpc) is 3.37. The highest BCUT2D eigenvalue weighted by Gasteiger charge is 2.19. The van der Waals surface area contributed by atoms with Gasteiger partial charge >= 0.3 is 0 Å². The first-order valence-electron chi connectivity index (χ1n) is 9.44. The first-order valence-corrected chi connectivity index (χ1v) is 9.44. The second-order valence-electron chi connectivity index (χ2n) is 6.96. The summed E-state index contributed by atoms with van der Waals surface area (Å²) in [4.78, 5) is 12.6. The van der Waals surface area contributed by atoms with Gasteiger partial charge in [0.2, 0.25) is 0 Å². The van der Waals surface area contributed by atoms with Crippen molar-refractivity contribution in [1.29, 1.82) is 0 Å². The van der Waals surface area contributed by atoms with Crippen LogP contribution in [0.5, 0.6) is 5.75 Å². The number of anilines is 1. The van der Waals surface area contributed by atoms with Crippen LogP contribution in [0.1, 0.15) is 41.8 Å². The molecule has 1 aromatic heterocycles. The van der Waals surface area contributed by atoms with E-state index in [1.54, 1.807) is 7.11 Å². The van der Waals surface area contributed by atoms with Gasteiger partial charge in [0.05, 0.1) is 7.11 Å². The van der Waals surface area contributed by atoms with Gasteiger partial charge in [-0.3, -0.25) is 4.79 Å².